The van der Waals surface area contributed by atoms with Gasteiger partial charge in [0.15, 0.2) is 5.69 Å². The third kappa shape index (κ3) is 4.22. The maximum Gasteiger partial charge on any atom is 0.292 e. The van der Waals surface area contributed by atoms with E-state index in [0.717, 1.165) is 4.68 Å². The molecule has 0 bridgehead atoms. The summed E-state index contributed by atoms with van der Waals surface area (Å²) in [7, 11) is 0. The average molecular weight is 391 g/mol. The summed E-state index contributed by atoms with van der Waals surface area (Å²) in [4.78, 5) is 25.2. The van der Waals surface area contributed by atoms with Crippen LogP contribution < -0.4 is 15.7 Å². The van der Waals surface area contributed by atoms with Gasteiger partial charge in [-0.3, -0.25) is 9.59 Å². The second-order valence-electron chi connectivity index (χ2n) is 5.82. The van der Waals surface area contributed by atoms with E-state index in [4.69, 9.17) is 9.15 Å². The molecule has 9 heteroatoms. The Hall–Kier alpha value is -4.19. The SMILES string of the molecule is CCOc1ccc(-n2nc(C(=O)NN=Cc3ccco3)c(C)c(C#N)c2=O)cc1. The van der Waals surface area contributed by atoms with Gasteiger partial charge < -0.3 is 9.15 Å². The number of nitrogens with zero attached hydrogens (tertiary/aromatic N) is 4. The van der Waals surface area contributed by atoms with E-state index in [0.29, 0.717) is 23.8 Å². The molecular formula is C20H17N5O4. The monoisotopic (exact) mass is 391 g/mol. The molecule has 0 spiro atoms. The van der Waals surface area contributed by atoms with Crippen molar-refractivity contribution in [1.29, 1.82) is 5.26 Å². The summed E-state index contributed by atoms with van der Waals surface area (Å²) in [6.07, 6.45) is 2.79. The van der Waals surface area contributed by atoms with Crippen LogP contribution in [0.4, 0.5) is 0 Å². The van der Waals surface area contributed by atoms with Crippen molar-refractivity contribution in [3.63, 3.8) is 0 Å². The van der Waals surface area contributed by atoms with Gasteiger partial charge in [-0.05, 0) is 50.2 Å². The quantitative estimate of drug-likeness (QED) is 0.507. The van der Waals surface area contributed by atoms with E-state index in [1.807, 2.05) is 13.0 Å². The van der Waals surface area contributed by atoms with E-state index in [1.165, 1.54) is 19.4 Å². The van der Waals surface area contributed by atoms with Gasteiger partial charge in [0.05, 0.1) is 24.8 Å². The predicted molar refractivity (Wildman–Crippen MR) is 104 cm³/mol. The van der Waals surface area contributed by atoms with Crippen LogP contribution in [0.2, 0.25) is 0 Å². The van der Waals surface area contributed by atoms with Crippen molar-refractivity contribution in [1.82, 2.24) is 15.2 Å². The van der Waals surface area contributed by atoms with Gasteiger partial charge in [-0.25, -0.2) is 5.43 Å². The molecule has 1 aromatic carbocycles. The molecule has 0 aliphatic rings. The normalized spacial score (nSPS) is 10.7. The largest absolute Gasteiger partial charge is 0.494 e. The Morgan fingerprint density at radius 1 is 1.38 bits per heavy atom. The van der Waals surface area contributed by atoms with Crippen molar-refractivity contribution in [2.75, 3.05) is 6.61 Å². The van der Waals surface area contributed by atoms with Crippen LogP contribution in [0, 0.1) is 18.3 Å². The van der Waals surface area contributed by atoms with E-state index in [9.17, 15) is 14.9 Å². The number of amides is 1. The number of nitriles is 1. The van der Waals surface area contributed by atoms with Gasteiger partial charge in [0.25, 0.3) is 11.5 Å². The summed E-state index contributed by atoms with van der Waals surface area (Å²) in [5.74, 6) is 0.413. The van der Waals surface area contributed by atoms with E-state index < -0.39 is 11.5 Å². The Kier molecular flexibility index (Phi) is 5.85. The summed E-state index contributed by atoms with van der Waals surface area (Å²) < 4.78 is 11.5. The highest BCUT2D eigenvalue weighted by Gasteiger charge is 2.20. The number of aromatic nitrogens is 2. The van der Waals surface area contributed by atoms with Gasteiger partial charge in [0, 0.05) is 5.56 Å². The minimum atomic E-state index is -0.665. The number of ether oxygens (including phenoxy) is 1. The molecule has 0 aliphatic carbocycles. The Bertz CT molecular complexity index is 1140. The molecule has 0 atom stereocenters. The van der Waals surface area contributed by atoms with Crippen molar-refractivity contribution in [2.24, 2.45) is 5.10 Å². The van der Waals surface area contributed by atoms with Crippen molar-refractivity contribution in [2.45, 2.75) is 13.8 Å². The molecule has 2 heterocycles. The Morgan fingerprint density at radius 2 is 2.14 bits per heavy atom. The topological polar surface area (TPSA) is 123 Å². The Balaban J connectivity index is 1.97. The molecule has 0 saturated carbocycles. The summed E-state index contributed by atoms with van der Waals surface area (Å²) in [6.45, 7) is 3.85. The molecule has 9 nitrogen and oxygen atoms in total. The molecule has 0 radical (unpaired) electrons. The molecule has 3 aromatic rings. The van der Waals surface area contributed by atoms with Gasteiger partial charge in [0.1, 0.15) is 23.1 Å². The van der Waals surface area contributed by atoms with Crippen LogP contribution in [0.3, 0.4) is 0 Å². The first-order chi connectivity index (χ1) is 14.0. The molecule has 0 fully saturated rings. The molecular weight excluding hydrogens is 374 g/mol. The van der Waals surface area contributed by atoms with Crippen LogP contribution in [0.5, 0.6) is 5.75 Å². The third-order valence-corrected chi connectivity index (χ3v) is 3.96. The third-order valence-electron chi connectivity index (χ3n) is 3.96. The first-order valence-electron chi connectivity index (χ1n) is 8.69. The fourth-order valence-electron chi connectivity index (χ4n) is 2.55. The minimum absolute atomic E-state index is 0.0911. The van der Waals surface area contributed by atoms with E-state index in [-0.39, 0.29) is 16.8 Å². The number of hydrogen-bond donors (Lipinski definition) is 1. The van der Waals surface area contributed by atoms with Gasteiger partial charge in [-0.2, -0.15) is 20.1 Å². The van der Waals surface area contributed by atoms with Crippen molar-refractivity contribution in [3.8, 4) is 17.5 Å². The number of rotatable bonds is 6. The summed E-state index contributed by atoms with van der Waals surface area (Å²) in [5, 5.41) is 17.4. The fourth-order valence-corrected chi connectivity index (χ4v) is 2.55. The van der Waals surface area contributed by atoms with Crippen LogP contribution in [0.1, 0.15) is 34.3 Å². The Morgan fingerprint density at radius 3 is 2.76 bits per heavy atom. The highest BCUT2D eigenvalue weighted by molar-refractivity contribution is 5.94. The highest BCUT2D eigenvalue weighted by atomic mass is 16.5. The van der Waals surface area contributed by atoms with Crippen molar-refractivity contribution >= 4 is 12.1 Å². The fraction of sp³-hybridized carbons (Fsp3) is 0.150. The first-order valence-corrected chi connectivity index (χ1v) is 8.69. The molecule has 1 amide bonds. The average Bonchev–Trinajstić information content (AvgIpc) is 3.23. The summed E-state index contributed by atoms with van der Waals surface area (Å²) >= 11 is 0. The standard InChI is InChI=1S/C20H17N5O4/c1-3-28-15-8-6-14(7-9-15)25-20(27)17(11-21)13(2)18(24-25)19(26)23-22-12-16-5-4-10-29-16/h4-10,12H,3H2,1-2H3,(H,23,26). The Labute approximate surface area is 165 Å². The van der Waals surface area contributed by atoms with E-state index >= 15 is 0 Å². The number of furan rings is 1. The molecule has 0 saturated heterocycles. The second kappa shape index (κ2) is 8.67. The zero-order valence-corrected chi connectivity index (χ0v) is 15.7. The van der Waals surface area contributed by atoms with Gasteiger partial charge in [-0.1, -0.05) is 0 Å². The number of carbonyl (C=O) groups is 1. The molecule has 146 valence electrons. The zero-order valence-electron chi connectivity index (χ0n) is 15.7. The summed E-state index contributed by atoms with van der Waals surface area (Å²) in [5.41, 5.74) is 2.00. The lowest BCUT2D eigenvalue weighted by atomic mass is 10.1. The maximum absolute atomic E-state index is 12.6. The lowest BCUT2D eigenvalue weighted by molar-refractivity contribution is 0.0947. The first kappa shape index (κ1) is 19.6. The van der Waals surface area contributed by atoms with Crippen molar-refractivity contribution in [3.05, 3.63) is 75.6 Å². The van der Waals surface area contributed by atoms with E-state index in [1.54, 1.807) is 36.4 Å². The van der Waals surface area contributed by atoms with Crippen molar-refractivity contribution < 1.29 is 13.9 Å². The van der Waals surface area contributed by atoms with Crippen LogP contribution in [-0.4, -0.2) is 28.5 Å². The second-order valence-corrected chi connectivity index (χ2v) is 5.82. The van der Waals surface area contributed by atoms with E-state index in [2.05, 4.69) is 15.6 Å². The molecule has 3 rings (SSSR count). The van der Waals surface area contributed by atoms with Gasteiger partial charge in [0.2, 0.25) is 0 Å². The summed E-state index contributed by atoms with van der Waals surface area (Å²) in [6, 6.07) is 11.8. The number of benzene rings is 1. The predicted octanol–water partition coefficient (Wildman–Crippen LogP) is 2.17. The molecule has 2 aromatic heterocycles. The molecule has 29 heavy (non-hydrogen) atoms. The number of hydrazone groups is 1. The number of nitrogens with one attached hydrogen (secondary N) is 1. The van der Waals surface area contributed by atoms with Crippen LogP contribution >= 0.6 is 0 Å². The minimum Gasteiger partial charge on any atom is -0.494 e. The number of hydrogen-bond acceptors (Lipinski definition) is 7. The van der Waals surface area contributed by atoms with Crippen LogP contribution in [0.25, 0.3) is 5.69 Å². The molecule has 0 aliphatic heterocycles. The van der Waals surface area contributed by atoms with Crippen LogP contribution in [-0.2, 0) is 0 Å². The lowest BCUT2D eigenvalue weighted by Gasteiger charge is -2.11. The van der Waals surface area contributed by atoms with Gasteiger partial charge in [-0.15, -0.1) is 0 Å². The lowest BCUT2D eigenvalue weighted by Crippen LogP contribution is -2.31. The maximum atomic E-state index is 12.6. The zero-order chi connectivity index (χ0) is 20.8. The van der Waals surface area contributed by atoms with Gasteiger partial charge >= 0.3 is 0 Å². The number of carbonyl (C=O) groups excluding carboxylic acids is 1. The molecule has 1 N–H and O–H groups in total. The van der Waals surface area contributed by atoms with Crippen LogP contribution in [0.15, 0.2) is 57.0 Å². The highest BCUT2D eigenvalue weighted by Crippen LogP contribution is 2.15. The smallest absolute Gasteiger partial charge is 0.292 e. The molecule has 0 unspecified atom stereocenters.